The van der Waals surface area contributed by atoms with Crippen molar-refractivity contribution in [2.24, 2.45) is 0 Å². The molecule has 90 valence electrons. The maximum Gasteiger partial charge on any atom is 0.186 e. The number of hydrogen-bond acceptors (Lipinski definition) is 4. The van der Waals surface area contributed by atoms with Gasteiger partial charge in [-0.1, -0.05) is 0 Å². The molecule has 1 saturated carbocycles. The summed E-state index contributed by atoms with van der Waals surface area (Å²) < 4.78 is 31.3. The second-order valence-corrected chi connectivity index (χ2v) is 6.34. The molecule has 0 radical (unpaired) electrons. The minimum atomic E-state index is -3.25. The molecule has 6 heteroatoms. The standard InChI is InChI=1S/C11H12N2O3S/c1-16-9-6-11-12-4-5-13(11)7-10(9)17(14,15)8-2-3-8/h4-8H,2-3H2,1H3. The van der Waals surface area contributed by atoms with Crippen LogP contribution in [0, 0.1) is 0 Å². The van der Waals surface area contributed by atoms with Gasteiger partial charge in [0.25, 0.3) is 0 Å². The lowest BCUT2D eigenvalue weighted by Crippen LogP contribution is -2.10. The van der Waals surface area contributed by atoms with Crippen LogP contribution in [0.15, 0.2) is 29.6 Å². The summed E-state index contributed by atoms with van der Waals surface area (Å²) in [7, 11) is -1.78. The molecule has 2 heterocycles. The minimum Gasteiger partial charge on any atom is -0.495 e. The Morgan fingerprint density at radius 1 is 1.47 bits per heavy atom. The van der Waals surface area contributed by atoms with Crippen LogP contribution in [0.2, 0.25) is 0 Å². The normalized spacial score (nSPS) is 16.3. The van der Waals surface area contributed by atoms with Gasteiger partial charge in [-0.3, -0.25) is 0 Å². The Morgan fingerprint density at radius 3 is 2.88 bits per heavy atom. The molecule has 0 unspecified atom stereocenters. The van der Waals surface area contributed by atoms with Crippen molar-refractivity contribution in [1.29, 1.82) is 0 Å². The molecule has 0 saturated heterocycles. The van der Waals surface area contributed by atoms with Crippen molar-refractivity contribution in [3.05, 3.63) is 24.7 Å². The van der Waals surface area contributed by atoms with Crippen LogP contribution in [0.3, 0.4) is 0 Å². The zero-order valence-electron chi connectivity index (χ0n) is 9.33. The Hall–Kier alpha value is -1.56. The van der Waals surface area contributed by atoms with Crippen LogP contribution < -0.4 is 4.74 Å². The molecular weight excluding hydrogens is 240 g/mol. The molecule has 17 heavy (non-hydrogen) atoms. The summed E-state index contributed by atoms with van der Waals surface area (Å²) in [5.41, 5.74) is 0.677. The molecule has 0 bridgehead atoms. The predicted octanol–water partition coefficient (Wildman–Crippen LogP) is 1.28. The van der Waals surface area contributed by atoms with Gasteiger partial charge in [0.15, 0.2) is 9.84 Å². The number of aromatic nitrogens is 2. The molecule has 0 N–H and O–H groups in total. The zero-order chi connectivity index (χ0) is 12.0. The van der Waals surface area contributed by atoms with Crippen LogP contribution >= 0.6 is 0 Å². The molecule has 2 aromatic heterocycles. The van der Waals surface area contributed by atoms with E-state index >= 15 is 0 Å². The van der Waals surface area contributed by atoms with Gasteiger partial charge < -0.3 is 9.14 Å². The number of imidazole rings is 1. The van der Waals surface area contributed by atoms with Crippen LogP contribution in [0.5, 0.6) is 5.75 Å². The van der Waals surface area contributed by atoms with Gasteiger partial charge >= 0.3 is 0 Å². The maximum atomic E-state index is 12.2. The molecular formula is C11H12N2O3S. The number of fused-ring (bicyclic) bond motifs is 1. The first-order valence-corrected chi connectivity index (χ1v) is 6.92. The van der Waals surface area contributed by atoms with E-state index in [1.807, 2.05) is 0 Å². The molecule has 1 fully saturated rings. The van der Waals surface area contributed by atoms with Crippen molar-refractivity contribution >= 4 is 15.5 Å². The first-order valence-electron chi connectivity index (χ1n) is 5.37. The van der Waals surface area contributed by atoms with E-state index in [1.54, 1.807) is 29.1 Å². The highest BCUT2D eigenvalue weighted by atomic mass is 32.2. The lowest BCUT2D eigenvalue weighted by Gasteiger charge is -2.09. The smallest absolute Gasteiger partial charge is 0.186 e. The fourth-order valence-corrected chi connectivity index (χ4v) is 3.65. The number of nitrogens with zero attached hydrogens (tertiary/aromatic N) is 2. The number of methoxy groups -OCH3 is 1. The molecule has 0 aromatic carbocycles. The minimum absolute atomic E-state index is 0.239. The summed E-state index contributed by atoms with van der Waals surface area (Å²) >= 11 is 0. The van der Waals surface area contributed by atoms with E-state index in [4.69, 9.17) is 4.74 Å². The van der Waals surface area contributed by atoms with E-state index in [0.29, 0.717) is 11.4 Å². The predicted molar refractivity (Wildman–Crippen MR) is 62.0 cm³/mol. The van der Waals surface area contributed by atoms with Gasteiger partial charge in [-0.15, -0.1) is 0 Å². The van der Waals surface area contributed by atoms with Gasteiger partial charge in [0, 0.05) is 24.7 Å². The van der Waals surface area contributed by atoms with Crippen LogP contribution in [0.25, 0.3) is 5.65 Å². The van der Waals surface area contributed by atoms with E-state index < -0.39 is 9.84 Å². The fourth-order valence-electron chi connectivity index (χ4n) is 1.85. The number of rotatable bonds is 3. The van der Waals surface area contributed by atoms with Crippen molar-refractivity contribution in [3.63, 3.8) is 0 Å². The Labute approximate surface area is 99.0 Å². The van der Waals surface area contributed by atoms with Crippen molar-refractivity contribution in [1.82, 2.24) is 9.38 Å². The third-order valence-corrected chi connectivity index (χ3v) is 5.22. The molecule has 1 aliphatic rings. The molecule has 0 aliphatic heterocycles. The lowest BCUT2D eigenvalue weighted by atomic mass is 10.4. The van der Waals surface area contributed by atoms with E-state index in [9.17, 15) is 8.42 Å². The zero-order valence-corrected chi connectivity index (χ0v) is 10.1. The SMILES string of the molecule is COc1cc2nccn2cc1S(=O)(=O)C1CC1. The number of pyridine rings is 1. The second-order valence-electron chi connectivity index (χ2n) is 4.14. The quantitative estimate of drug-likeness (QED) is 0.825. The van der Waals surface area contributed by atoms with Gasteiger partial charge in [-0.25, -0.2) is 13.4 Å². The maximum absolute atomic E-state index is 12.2. The second kappa shape index (κ2) is 3.46. The first kappa shape index (κ1) is 10.6. The van der Waals surface area contributed by atoms with Gasteiger partial charge in [0.1, 0.15) is 16.3 Å². The molecule has 1 aliphatic carbocycles. The first-order chi connectivity index (χ1) is 8.13. The van der Waals surface area contributed by atoms with E-state index in [0.717, 1.165) is 12.8 Å². The number of ether oxygens (including phenoxy) is 1. The Kier molecular flexibility index (Phi) is 2.16. The molecule has 2 aromatic rings. The Balaban J connectivity index is 2.26. The van der Waals surface area contributed by atoms with Crippen molar-refractivity contribution in [2.45, 2.75) is 23.0 Å². The summed E-state index contributed by atoms with van der Waals surface area (Å²) in [6.07, 6.45) is 6.42. The number of hydrogen-bond donors (Lipinski definition) is 0. The molecule has 3 rings (SSSR count). The Bertz CT molecular complexity index is 671. The van der Waals surface area contributed by atoms with Crippen molar-refractivity contribution < 1.29 is 13.2 Å². The third-order valence-electron chi connectivity index (χ3n) is 2.95. The van der Waals surface area contributed by atoms with Gasteiger partial charge in [0.2, 0.25) is 0 Å². The summed E-state index contributed by atoms with van der Waals surface area (Å²) in [6.45, 7) is 0. The topological polar surface area (TPSA) is 60.7 Å². The summed E-state index contributed by atoms with van der Waals surface area (Å²) in [5, 5.41) is -0.239. The highest BCUT2D eigenvalue weighted by molar-refractivity contribution is 7.92. The third kappa shape index (κ3) is 1.59. The molecule has 0 atom stereocenters. The summed E-state index contributed by atoms with van der Waals surface area (Å²) in [6, 6.07) is 1.65. The van der Waals surface area contributed by atoms with Crippen molar-refractivity contribution in [2.75, 3.05) is 7.11 Å². The average molecular weight is 252 g/mol. The molecule has 0 spiro atoms. The largest absolute Gasteiger partial charge is 0.495 e. The van der Waals surface area contributed by atoms with Crippen LogP contribution in [-0.4, -0.2) is 30.2 Å². The van der Waals surface area contributed by atoms with E-state index in [1.165, 1.54) is 7.11 Å². The molecule has 5 nitrogen and oxygen atoms in total. The average Bonchev–Trinajstić information content (AvgIpc) is 3.07. The van der Waals surface area contributed by atoms with E-state index in [-0.39, 0.29) is 10.1 Å². The van der Waals surface area contributed by atoms with Crippen molar-refractivity contribution in [3.8, 4) is 5.75 Å². The monoisotopic (exact) mass is 252 g/mol. The highest BCUT2D eigenvalue weighted by Gasteiger charge is 2.38. The summed E-state index contributed by atoms with van der Waals surface area (Å²) in [5.74, 6) is 0.371. The van der Waals surface area contributed by atoms with Crippen LogP contribution in [-0.2, 0) is 9.84 Å². The highest BCUT2D eigenvalue weighted by Crippen LogP contribution is 2.37. The van der Waals surface area contributed by atoms with Gasteiger partial charge in [-0.05, 0) is 12.8 Å². The number of sulfone groups is 1. The lowest BCUT2D eigenvalue weighted by molar-refractivity contribution is 0.402. The van der Waals surface area contributed by atoms with Gasteiger partial charge in [0.05, 0.1) is 12.4 Å². The Morgan fingerprint density at radius 2 is 2.24 bits per heavy atom. The summed E-state index contributed by atoms with van der Waals surface area (Å²) in [4.78, 5) is 4.36. The molecule has 0 amide bonds. The van der Waals surface area contributed by atoms with Crippen LogP contribution in [0.1, 0.15) is 12.8 Å². The fraction of sp³-hybridized carbons (Fsp3) is 0.364. The van der Waals surface area contributed by atoms with Gasteiger partial charge in [-0.2, -0.15) is 0 Å². The van der Waals surface area contributed by atoms with E-state index in [2.05, 4.69) is 4.98 Å². The van der Waals surface area contributed by atoms with Crippen LogP contribution in [0.4, 0.5) is 0 Å².